The summed E-state index contributed by atoms with van der Waals surface area (Å²) in [6.45, 7) is 1.57. The van der Waals surface area contributed by atoms with Crippen LogP contribution in [0.5, 0.6) is 0 Å². The van der Waals surface area contributed by atoms with E-state index in [9.17, 15) is 18.0 Å². The van der Waals surface area contributed by atoms with Crippen LogP contribution in [-0.4, -0.2) is 39.7 Å². The number of nitrogens with zero attached hydrogens (tertiary/aromatic N) is 4. The summed E-state index contributed by atoms with van der Waals surface area (Å²) in [5, 5.41) is 4.09. The Balaban J connectivity index is 2.36. The van der Waals surface area contributed by atoms with Gasteiger partial charge in [0.2, 0.25) is 0 Å². The maximum absolute atomic E-state index is 12.9. The second kappa shape index (κ2) is 6.76. The molecule has 2 aromatic rings. The van der Waals surface area contributed by atoms with Crippen LogP contribution in [0.1, 0.15) is 11.1 Å². The zero-order chi connectivity index (χ0) is 18.1. The number of hydrogen-bond donors (Lipinski definition) is 0. The molecule has 0 aliphatic carbocycles. The van der Waals surface area contributed by atoms with E-state index in [4.69, 9.17) is 0 Å². The molecule has 0 bridgehead atoms. The lowest BCUT2D eigenvalue weighted by Gasteiger charge is -2.09. The Morgan fingerprint density at radius 3 is 2.54 bits per heavy atom. The molecule has 0 saturated heterocycles. The molecule has 5 nitrogen and oxygen atoms in total. The monoisotopic (exact) mass is 402 g/mol. The Morgan fingerprint density at radius 2 is 1.96 bits per heavy atom. The van der Waals surface area contributed by atoms with E-state index in [2.05, 4.69) is 26.0 Å². The first-order valence-corrected chi connectivity index (χ1v) is 7.56. The molecule has 1 amide bonds. The molecule has 1 aromatic carbocycles. The number of rotatable bonds is 3. The van der Waals surface area contributed by atoms with Gasteiger partial charge in [0.1, 0.15) is 10.8 Å². The predicted octanol–water partition coefficient (Wildman–Crippen LogP) is 3.55. The van der Waals surface area contributed by atoms with Crippen molar-refractivity contribution >= 4 is 28.0 Å². The zero-order valence-electron chi connectivity index (χ0n) is 13.1. The zero-order valence-corrected chi connectivity index (χ0v) is 14.7. The van der Waals surface area contributed by atoms with Crippen LogP contribution in [0.25, 0.3) is 17.6 Å². The molecule has 2 rings (SSSR count). The van der Waals surface area contributed by atoms with Crippen molar-refractivity contribution in [2.24, 2.45) is 0 Å². The summed E-state index contributed by atoms with van der Waals surface area (Å²) in [6, 6.07) is 3.63. The van der Waals surface area contributed by atoms with E-state index in [1.54, 1.807) is 27.1 Å². The van der Waals surface area contributed by atoms with Gasteiger partial charge in [0.25, 0.3) is 5.91 Å². The molecule has 0 atom stereocenters. The number of benzene rings is 1. The molecule has 0 N–H and O–H groups in total. The molecule has 1 heterocycles. The van der Waals surface area contributed by atoms with E-state index in [0.29, 0.717) is 5.56 Å². The van der Waals surface area contributed by atoms with Crippen LogP contribution in [-0.2, 0) is 11.0 Å². The molecule has 0 aliphatic heterocycles. The molecule has 24 heavy (non-hydrogen) atoms. The SMILES string of the molecule is Cc1cc(-c2ncn(/C=C(\Br)C(=O)N(C)C)n2)cc(C(F)(F)F)c1. The van der Waals surface area contributed by atoms with E-state index >= 15 is 0 Å². The number of alkyl halides is 3. The highest BCUT2D eigenvalue weighted by Crippen LogP contribution is 2.32. The molecular weight excluding hydrogens is 389 g/mol. The Bertz CT molecular complexity index is 796. The molecule has 9 heteroatoms. The van der Waals surface area contributed by atoms with E-state index in [0.717, 1.165) is 12.1 Å². The topological polar surface area (TPSA) is 51.0 Å². The van der Waals surface area contributed by atoms with Crippen LogP contribution in [0.3, 0.4) is 0 Å². The van der Waals surface area contributed by atoms with Gasteiger partial charge in [-0.3, -0.25) is 4.79 Å². The van der Waals surface area contributed by atoms with Gasteiger partial charge in [-0.1, -0.05) is 0 Å². The van der Waals surface area contributed by atoms with Gasteiger partial charge in [-0.15, -0.1) is 5.10 Å². The van der Waals surface area contributed by atoms with E-state index in [-0.39, 0.29) is 21.8 Å². The van der Waals surface area contributed by atoms with Crippen molar-refractivity contribution in [2.45, 2.75) is 13.1 Å². The lowest BCUT2D eigenvalue weighted by atomic mass is 10.1. The molecule has 0 radical (unpaired) electrons. The number of aryl methyl sites for hydroxylation is 1. The van der Waals surface area contributed by atoms with Crippen LogP contribution in [0.2, 0.25) is 0 Å². The summed E-state index contributed by atoms with van der Waals surface area (Å²) >= 11 is 3.13. The first-order valence-electron chi connectivity index (χ1n) is 6.77. The third kappa shape index (κ3) is 4.22. The first kappa shape index (κ1) is 18.2. The third-order valence-electron chi connectivity index (χ3n) is 3.03. The van der Waals surface area contributed by atoms with Crippen molar-refractivity contribution in [2.75, 3.05) is 14.1 Å². The second-order valence-electron chi connectivity index (χ2n) is 5.31. The van der Waals surface area contributed by atoms with Gasteiger partial charge in [0.15, 0.2) is 5.82 Å². The number of likely N-dealkylation sites (N-methyl/N-ethyl adjacent to an activating group) is 1. The molecule has 0 spiro atoms. The van der Waals surface area contributed by atoms with E-state index in [1.807, 2.05) is 0 Å². The van der Waals surface area contributed by atoms with Crippen LogP contribution in [0.4, 0.5) is 13.2 Å². The number of halogens is 4. The van der Waals surface area contributed by atoms with Crippen molar-refractivity contribution in [1.82, 2.24) is 19.7 Å². The van der Waals surface area contributed by atoms with Gasteiger partial charge in [-0.05, 0) is 46.6 Å². The van der Waals surface area contributed by atoms with E-state index < -0.39 is 11.7 Å². The van der Waals surface area contributed by atoms with Crippen molar-refractivity contribution in [1.29, 1.82) is 0 Å². The quantitative estimate of drug-likeness (QED) is 0.737. The minimum atomic E-state index is -4.44. The van der Waals surface area contributed by atoms with E-state index in [1.165, 1.54) is 22.1 Å². The van der Waals surface area contributed by atoms with Crippen LogP contribution in [0.15, 0.2) is 29.0 Å². The van der Waals surface area contributed by atoms with Crippen molar-refractivity contribution in [3.05, 3.63) is 40.1 Å². The largest absolute Gasteiger partial charge is 0.416 e. The summed E-state index contributed by atoms with van der Waals surface area (Å²) in [5.41, 5.74) is -0.0476. The molecule has 0 aliphatic rings. The fraction of sp³-hybridized carbons (Fsp3) is 0.267. The average Bonchev–Trinajstić information content (AvgIpc) is 2.93. The van der Waals surface area contributed by atoms with Crippen LogP contribution in [0, 0.1) is 6.92 Å². The molecule has 0 saturated carbocycles. The van der Waals surface area contributed by atoms with Gasteiger partial charge < -0.3 is 4.90 Å². The fourth-order valence-corrected chi connectivity index (χ4v) is 2.49. The summed E-state index contributed by atoms with van der Waals surface area (Å²) in [5.74, 6) is -0.139. The molecule has 128 valence electrons. The highest BCUT2D eigenvalue weighted by molar-refractivity contribution is 9.12. The number of amides is 1. The Morgan fingerprint density at radius 1 is 1.29 bits per heavy atom. The number of aromatic nitrogens is 3. The summed E-state index contributed by atoms with van der Waals surface area (Å²) < 4.78 is 40.2. The average molecular weight is 403 g/mol. The van der Waals surface area contributed by atoms with Crippen LogP contribution >= 0.6 is 15.9 Å². The highest BCUT2D eigenvalue weighted by atomic mass is 79.9. The fourth-order valence-electron chi connectivity index (χ4n) is 1.93. The Kier molecular flexibility index (Phi) is 5.12. The lowest BCUT2D eigenvalue weighted by Crippen LogP contribution is -2.21. The Labute approximate surface area is 144 Å². The number of carbonyl (C=O) groups is 1. The Hall–Kier alpha value is -2.16. The number of carbonyl (C=O) groups excluding carboxylic acids is 1. The summed E-state index contributed by atoms with van der Waals surface area (Å²) in [7, 11) is 3.19. The van der Waals surface area contributed by atoms with Gasteiger partial charge in [-0.25, -0.2) is 9.67 Å². The molecular formula is C15H14BrF3N4O. The van der Waals surface area contributed by atoms with Gasteiger partial charge in [-0.2, -0.15) is 13.2 Å². The molecule has 1 aromatic heterocycles. The minimum Gasteiger partial charge on any atom is -0.344 e. The maximum Gasteiger partial charge on any atom is 0.416 e. The third-order valence-corrected chi connectivity index (χ3v) is 3.57. The van der Waals surface area contributed by atoms with Gasteiger partial charge >= 0.3 is 6.18 Å². The lowest BCUT2D eigenvalue weighted by molar-refractivity contribution is -0.137. The molecule has 0 unspecified atom stereocenters. The number of hydrogen-bond acceptors (Lipinski definition) is 3. The second-order valence-corrected chi connectivity index (χ2v) is 6.16. The maximum atomic E-state index is 12.9. The summed E-state index contributed by atoms with van der Waals surface area (Å²) in [6.07, 6.45) is -1.74. The summed E-state index contributed by atoms with van der Waals surface area (Å²) in [4.78, 5) is 17.1. The normalized spacial score (nSPS) is 12.4. The van der Waals surface area contributed by atoms with Gasteiger partial charge in [0, 0.05) is 19.7 Å². The predicted molar refractivity (Wildman–Crippen MR) is 87.1 cm³/mol. The van der Waals surface area contributed by atoms with Crippen molar-refractivity contribution in [3.63, 3.8) is 0 Å². The van der Waals surface area contributed by atoms with Crippen molar-refractivity contribution in [3.8, 4) is 11.4 Å². The minimum absolute atomic E-state index is 0.137. The first-order chi connectivity index (χ1) is 11.1. The smallest absolute Gasteiger partial charge is 0.344 e. The molecule has 0 fully saturated rings. The standard InChI is InChI=1S/C15H14BrF3N4O/c1-9-4-10(6-11(5-9)15(17,18)19)13-20-8-23(21-13)7-12(16)14(24)22(2)3/h4-8H,1-3H3/b12-7-. The van der Waals surface area contributed by atoms with Gasteiger partial charge in [0.05, 0.1) is 11.8 Å². The van der Waals surface area contributed by atoms with Crippen LogP contribution < -0.4 is 0 Å². The van der Waals surface area contributed by atoms with Crippen molar-refractivity contribution < 1.29 is 18.0 Å². The highest BCUT2D eigenvalue weighted by Gasteiger charge is 2.31.